The van der Waals surface area contributed by atoms with E-state index in [9.17, 15) is 23.9 Å². The molecule has 130 valence electrons. The van der Waals surface area contributed by atoms with Crippen molar-refractivity contribution in [2.24, 2.45) is 5.41 Å². The molecule has 0 heterocycles. The van der Waals surface area contributed by atoms with Gasteiger partial charge in [-0.25, -0.2) is 8.78 Å². The predicted molar refractivity (Wildman–Crippen MR) is 82.0 cm³/mol. The minimum Gasteiger partial charge on any atom is -0.491 e. The molecule has 7 heteroatoms. The first-order valence-electron chi connectivity index (χ1n) is 7.92. The van der Waals surface area contributed by atoms with Crippen LogP contribution in [-0.2, 0) is 4.79 Å². The Kier molecular flexibility index (Phi) is 6.10. The van der Waals surface area contributed by atoms with E-state index < -0.39 is 23.2 Å². The number of aliphatic hydroxyl groups is 1. The van der Waals surface area contributed by atoms with Gasteiger partial charge in [-0.05, 0) is 25.0 Å². The quantitative estimate of drug-likeness (QED) is 0.834. The molecule has 2 rings (SSSR count). The molecule has 5 nitrogen and oxygen atoms in total. The molecule has 1 amide bonds. The zero-order chi connectivity index (χ0) is 17.6. The number of halogens is 2. The number of aliphatic hydroxyl groups excluding tert-OH is 1. The van der Waals surface area contributed by atoms with Crippen molar-refractivity contribution in [3.8, 4) is 11.8 Å². The monoisotopic (exact) mass is 338 g/mol. The second-order valence-corrected chi connectivity index (χ2v) is 6.01. The van der Waals surface area contributed by atoms with E-state index in [0.29, 0.717) is 12.8 Å². The SMILES string of the molecule is N#CC1(C(=O)NCC(O)COc2ccc(F)c(F)c2)CCCCC1. The van der Waals surface area contributed by atoms with Gasteiger partial charge in [0.25, 0.3) is 0 Å². The van der Waals surface area contributed by atoms with Gasteiger partial charge in [0.15, 0.2) is 11.6 Å². The number of nitrogens with zero attached hydrogens (tertiary/aromatic N) is 1. The third-order valence-corrected chi connectivity index (χ3v) is 4.19. The highest BCUT2D eigenvalue weighted by Gasteiger charge is 2.39. The van der Waals surface area contributed by atoms with Crippen LogP contribution < -0.4 is 10.1 Å². The van der Waals surface area contributed by atoms with Gasteiger partial charge in [0.05, 0.1) is 6.07 Å². The summed E-state index contributed by atoms with van der Waals surface area (Å²) in [5, 5.41) is 21.7. The van der Waals surface area contributed by atoms with Crippen LogP contribution >= 0.6 is 0 Å². The topological polar surface area (TPSA) is 82.4 Å². The van der Waals surface area contributed by atoms with Crippen molar-refractivity contribution in [3.63, 3.8) is 0 Å². The molecule has 1 aliphatic carbocycles. The molecule has 1 aromatic rings. The van der Waals surface area contributed by atoms with Crippen LogP contribution in [0.1, 0.15) is 32.1 Å². The molecule has 1 aliphatic rings. The van der Waals surface area contributed by atoms with E-state index in [1.54, 1.807) is 0 Å². The molecule has 0 aromatic heterocycles. The Bertz CT molecular complexity index is 625. The molecule has 0 bridgehead atoms. The first-order chi connectivity index (χ1) is 11.5. The van der Waals surface area contributed by atoms with Gasteiger partial charge in [-0.15, -0.1) is 0 Å². The van der Waals surface area contributed by atoms with Gasteiger partial charge in [0.2, 0.25) is 5.91 Å². The number of nitrogens with one attached hydrogen (secondary N) is 1. The first-order valence-corrected chi connectivity index (χ1v) is 7.92. The number of hydrogen-bond donors (Lipinski definition) is 2. The van der Waals surface area contributed by atoms with Gasteiger partial charge in [0.1, 0.15) is 23.9 Å². The van der Waals surface area contributed by atoms with Gasteiger partial charge in [-0.3, -0.25) is 4.79 Å². The smallest absolute Gasteiger partial charge is 0.240 e. The third kappa shape index (κ3) is 4.42. The van der Waals surface area contributed by atoms with Gasteiger partial charge in [-0.2, -0.15) is 5.26 Å². The number of ether oxygens (including phenoxy) is 1. The molecular formula is C17H20F2N2O3. The van der Waals surface area contributed by atoms with E-state index in [1.165, 1.54) is 6.07 Å². The summed E-state index contributed by atoms with van der Waals surface area (Å²) in [6, 6.07) is 5.17. The molecule has 0 spiro atoms. The predicted octanol–water partition coefficient (Wildman–Crippen LogP) is 2.29. The van der Waals surface area contributed by atoms with Crippen LogP contribution in [0.3, 0.4) is 0 Å². The summed E-state index contributed by atoms with van der Waals surface area (Å²) in [5.41, 5.74) is -1.01. The fraction of sp³-hybridized carbons (Fsp3) is 0.529. The van der Waals surface area contributed by atoms with E-state index in [0.717, 1.165) is 31.4 Å². The number of rotatable bonds is 6. The summed E-state index contributed by atoms with van der Waals surface area (Å²) < 4.78 is 31.0. The first kappa shape index (κ1) is 18.1. The molecule has 1 unspecified atom stereocenters. The highest BCUT2D eigenvalue weighted by molar-refractivity contribution is 5.85. The Morgan fingerprint density at radius 3 is 2.67 bits per heavy atom. The second-order valence-electron chi connectivity index (χ2n) is 6.01. The fourth-order valence-corrected chi connectivity index (χ4v) is 2.74. The molecule has 1 saturated carbocycles. The second kappa shape index (κ2) is 8.06. The van der Waals surface area contributed by atoms with Crippen molar-refractivity contribution in [2.45, 2.75) is 38.2 Å². The zero-order valence-corrected chi connectivity index (χ0v) is 13.2. The lowest BCUT2D eigenvalue weighted by Gasteiger charge is -2.29. The average Bonchev–Trinajstić information content (AvgIpc) is 2.61. The number of amides is 1. The highest BCUT2D eigenvalue weighted by Crippen LogP contribution is 2.35. The molecule has 1 atom stereocenters. The molecule has 1 aromatic carbocycles. The molecule has 24 heavy (non-hydrogen) atoms. The standard InChI is InChI=1S/C17H20F2N2O3/c18-14-5-4-13(8-15(14)19)24-10-12(22)9-21-16(23)17(11-20)6-2-1-3-7-17/h4-5,8,12,22H,1-3,6-7,9-10H2,(H,21,23). The highest BCUT2D eigenvalue weighted by atomic mass is 19.2. The molecular weight excluding hydrogens is 318 g/mol. The lowest BCUT2D eigenvalue weighted by Crippen LogP contribution is -2.45. The Morgan fingerprint density at radius 2 is 2.04 bits per heavy atom. The summed E-state index contributed by atoms with van der Waals surface area (Å²) in [4.78, 5) is 12.2. The largest absolute Gasteiger partial charge is 0.491 e. The van der Waals surface area contributed by atoms with Crippen molar-refractivity contribution in [1.29, 1.82) is 5.26 Å². The molecule has 0 aliphatic heterocycles. The average molecular weight is 338 g/mol. The van der Waals surface area contributed by atoms with E-state index in [-0.39, 0.29) is 24.8 Å². The van der Waals surface area contributed by atoms with Gasteiger partial charge in [-0.1, -0.05) is 19.3 Å². The summed E-state index contributed by atoms with van der Waals surface area (Å²) in [7, 11) is 0. The third-order valence-electron chi connectivity index (χ3n) is 4.19. The number of nitriles is 1. The van der Waals surface area contributed by atoms with E-state index >= 15 is 0 Å². The van der Waals surface area contributed by atoms with Crippen LogP contribution in [0, 0.1) is 28.4 Å². The van der Waals surface area contributed by atoms with Crippen LogP contribution in [0.5, 0.6) is 5.75 Å². The zero-order valence-electron chi connectivity index (χ0n) is 13.2. The van der Waals surface area contributed by atoms with Crippen molar-refractivity contribution in [1.82, 2.24) is 5.32 Å². The Morgan fingerprint density at radius 1 is 1.33 bits per heavy atom. The van der Waals surface area contributed by atoms with Crippen LogP contribution in [-0.4, -0.2) is 30.3 Å². The van der Waals surface area contributed by atoms with Crippen molar-refractivity contribution < 1.29 is 23.4 Å². The van der Waals surface area contributed by atoms with Crippen molar-refractivity contribution >= 4 is 5.91 Å². The molecule has 1 fully saturated rings. The van der Waals surface area contributed by atoms with Crippen molar-refractivity contribution in [2.75, 3.05) is 13.2 Å². The van der Waals surface area contributed by atoms with Crippen molar-refractivity contribution in [3.05, 3.63) is 29.8 Å². The molecule has 2 N–H and O–H groups in total. The Labute approximate surface area is 139 Å². The number of carbonyl (C=O) groups is 1. The normalized spacial score (nSPS) is 17.6. The minimum atomic E-state index is -1.04. The number of hydrogen-bond acceptors (Lipinski definition) is 4. The van der Waals surface area contributed by atoms with Gasteiger partial charge < -0.3 is 15.2 Å². The van der Waals surface area contributed by atoms with Gasteiger partial charge >= 0.3 is 0 Å². The van der Waals surface area contributed by atoms with Crippen LogP contribution in [0.15, 0.2) is 18.2 Å². The fourth-order valence-electron chi connectivity index (χ4n) is 2.74. The van der Waals surface area contributed by atoms with Gasteiger partial charge in [0, 0.05) is 12.6 Å². The maximum atomic E-state index is 13.0. The van der Waals surface area contributed by atoms with Crippen LogP contribution in [0.2, 0.25) is 0 Å². The lowest BCUT2D eigenvalue weighted by atomic mass is 9.74. The van der Waals surface area contributed by atoms with E-state index in [2.05, 4.69) is 11.4 Å². The van der Waals surface area contributed by atoms with Crippen LogP contribution in [0.25, 0.3) is 0 Å². The molecule has 0 radical (unpaired) electrons. The minimum absolute atomic E-state index is 0.0774. The summed E-state index contributed by atoms with van der Waals surface area (Å²) in [6.45, 7) is -0.267. The summed E-state index contributed by atoms with van der Waals surface area (Å²) in [6.07, 6.45) is 2.71. The van der Waals surface area contributed by atoms with E-state index in [1.807, 2.05) is 0 Å². The van der Waals surface area contributed by atoms with Crippen LogP contribution in [0.4, 0.5) is 8.78 Å². The maximum absolute atomic E-state index is 13.0. The maximum Gasteiger partial charge on any atom is 0.240 e. The number of carbonyl (C=O) groups excluding carboxylic acids is 1. The summed E-state index contributed by atoms with van der Waals surface area (Å²) >= 11 is 0. The lowest BCUT2D eigenvalue weighted by molar-refractivity contribution is -0.130. The van der Waals surface area contributed by atoms with E-state index in [4.69, 9.17) is 4.74 Å². The Hall–Kier alpha value is -2.20. The number of benzene rings is 1. The molecule has 0 saturated heterocycles. The summed E-state index contributed by atoms with van der Waals surface area (Å²) in [5.74, 6) is -2.32. The Balaban J connectivity index is 1.80.